The van der Waals surface area contributed by atoms with Crippen LogP contribution in [0.2, 0.25) is 5.02 Å². The third kappa shape index (κ3) is 2.69. The van der Waals surface area contributed by atoms with Crippen LogP contribution in [0.25, 0.3) is 0 Å². The van der Waals surface area contributed by atoms with Gasteiger partial charge in [0.25, 0.3) is 0 Å². The normalized spacial score (nSPS) is 12.7. The maximum Gasteiger partial charge on any atom is 0.138 e. The zero-order valence-corrected chi connectivity index (χ0v) is 11.1. The van der Waals surface area contributed by atoms with E-state index in [2.05, 4.69) is 15.5 Å². The highest BCUT2D eigenvalue weighted by atomic mass is 35.5. The molecule has 0 bridgehead atoms. The van der Waals surface area contributed by atoms with E-state index in [4.69, 9.17) is 17.4 Å². The summed E-state index contributed by atoms with van der Waals surface area (Å²) in [7, 11) is 1.87. The fourth-order valence-corrected chi connectivity index (χ4v) is 2.20. The molecule has 18 heavy (non-hydrogen) atoms. The number of hydrogen-bond donors (Lipinski definition) is 2. The molecule has 0 aliphatic carbocycles. The average molecular weight is 266 g/mol. The van der Waals surface area contributed by atoms with Gasteiger partial charge in [-0.05, 0) is 30.2 Å². The summed E-state index contributed by atoms with van der Waals surface area (Å²) < 4.78 is 1.75. The lowest BCUT2D eigenvalue weighted by Crippen LogP contribution is -2.30. The highest BCUT2D eigenvalue weighted by molar-refractivity contribution is 6.30. The third-order valence-corrected chi connectivity index (χ3v) is 3.24. The van der Waals surface area contributed by atoms with Gasteiger partial charge in [-0.15, -0.1) is 0 Å². The zero-order chi connectivity index (χ0) is 13.1. The second-order valence-corrected chi connectivity index (χ2v) is 4.66. The van der Waals surface area contributed by atoms with Gasteiger partial charge in [-0.1, -0.05) is 17.7 Å². The number of nitrogens with two attached hydrogens (primary N) is 1. The molecule has 5 nitrogen and oxygen atoms in total. The van der Waals surface area contributed by atoms with Crippen LogP contribution in [0.3, 0.4) is 0 Å². The lowest BCUT2D eigenvalue weighted by atomic mass is 9.99. The number of aryl methyl sites for hydroxylation is 2. The van der Waals surface area contributed by atoms with Gasteiger partial charge in [0, 0.05) is 18.5 Å². The van der Waals surface area contributed by atoms with Crippen molar-refractivity contribution in [1.82, 2.24) is 20.2 Å². The lowest BCUT2D eigenvalue weighted by molar-refractivity contribution is 0.521. The van der Waals surface area contributed by atoms with Crippen molar-refractivity contribution < 1.29 is 0 Å². The van der Waals surface area contributed by atoms with Gasteiger partial charge in [0.15, 0.2) is 0 Å². The molecule has 1 aromatic heterocycles. The Morgan fingerprint density at radius 3 is 2.83 bits per heavy atom. The van der Waals surface area contributed by atoms with Gasteiger partial charge in [-0.2, -0.15) is 5.10 Å². The van der Waals surface area contributed by atoms with E-state index in [-0.39, 0.29) is 6.04 Å². The fraction of sp³-hybridized carbons (Fsp3) is 0.333. The predicted octanol–water partition coefficient (Wildman–Crippen LogP) is 1.52. The van der Waals surface area contributed by atoms with Crippen molar-refractivity contribution in [2.45, 2.75) is 19.4 Å². The van der Waals surface area contributed by atoms with Gasteiger partial charge < -0.3 is 0 Å². The number of benzene rings is 1. The molecule has 1 unspecified atom stereocenters. The maximum absolute atomic E-state index is 5.95. The SMILES string of the molecule is Cc1cc(Cl)ccc1C(Cc1ncnn1C)NN. The average Bonchev–Trinajstić information content (AvgIpc) is 2.73. The Kier molecular flexibility index (Phi) is 3.96. The van der Waals surface area contributed by atoms with Crippen LogP contribution < -0.4 is 11.3 Å². The van der Waals surface area contributed by atoms with Gasteiger partial charge in [-0.25, -0.2) is 4.98 Å². The van der Waals surface area contributed by atoms with E-state index >= 15 is 0 Å². The van der Waals surface area contributed by atoms with E-state index in [0.717, 1.165) is 22.0 Å². The Labute approximate surface area is 111 Å². The molecule has 6 heteroatoms. The molecule has 0 amide bonds. The van der Waals surface area contributed by atoms with Crippen LogP contribution in [0, 0.1) is 6.92 Å². The quantitative estimate of drug-likeness (QED) is 0.650. The smallest absolute Gasteiger partial charge is 0.138 e. The topological polar surface area (TPSA) is 68.8 Å². The van der Waals surface area contributed by atoms with E-state index in [1.54, 1.807) is 4.68 Å². The van der Waals surface area contributed by atoms with Gasteiger partial charge in [0.2, 0.25) is 0 Å². The second kappa shape index (κ2) is 5.48. The summed E-state index contributed by atoms with van der Waals surface area (Å²) in [5, 5.41) is 4.78. The minimum absolute atomic E-state index is 0.00910. The number of aromatic nitrogens is 3. The van der Waals surface area contributed by atoms with Crippen molar-refractivity contribution in [2.75, 3.05) is 0 Å². The number of nitrogens with zero attached hydrogens (tertiary/aromatic N) is 3. The van der Waals surface area contributed by atoms with Crippen LogP contribution in [-0.2, 0) is 13.5 Å². The number of hydrazine groups is 1. The molecular formula is C12H16ClN5. The molecule has 1 heterocycles. The molecule has 2 rings (SSSR count). The Hall–Kier alpha value is -1.43. The van der Waals surface area contributed by atoms with Crippen LogP contribution in [0.15, 0.2) is 24.5 Å². The molecule has 0 spiro atoms. The summed E-state index contributed by atoms with van der Waals surface area (Å²) in [6, 6.07) is 5.77. The molecule has 0 aliphatic rings. The van der Waals surface area contributed by atoms with E-state index in [0.29, 0.717) is 6.42 Å². The first kappa shape index (κ1) is 13.0. The number of halogens is 1. The first-order chi connectivity index (χ1) is 8.61. The van der Waals surface area contributed by atoms with Crippen LogP contribution in [0.1, 0.15) is 23.0 Å². The van der Waals surface area contributed by atoms with E-state index in [1.807, 2.05) is 32.2 Å². The molecule has 0 saturated heterocycles. The monoisotopic (exact) mass is 265 g/mol. The van der Waals surface area contributed by atoms with E-state index in [9.17, 15) is 0 Å². The third-order valence-electron chi connectivity index (χ3n) is 3.00. The van der Waals surface area contributed by atoms with Crippen molar-refractivity contribution in [3.05, 3.63) is 46.5 Å². The Balaban J connectivity index is 2.26. The van der Waals surface area contributed by atoms with Crippen LogP contribution in [0.5, 0.6) is 0 Å². The molecule has 1 atom stereocenters. The molecule has 3 N–H and O–H groups in total. The van der Waals surface area contributed by atoms with E-state index < -0.39 is 0 Å². The highest BCUT2D eigenvalue weighted by Gasteiger charge is 2.15. The zero-order valence-electron chi connectivity index (χ0n) is 10.4. The Morgan fingerprint density at radius 2 is 2.28 bits per heavy atom. The standard InChI is InChI=1S/C12H16ClN5/c1-8-5-9(13)3-4-10(8)11(17-14)6-12-15-7-16-18(12)2/h3-5,7,11,17H,6,14H2,1-2H3. The van der Waals surface area contributed by atoms with Crippen LogP contribution >= 0.6 is 11.6 Å². The van der Waals surface area contributed by atoms with E-state index in [1.165, 1.54) is 6.33 Å². The maximum atomic E-state index is 5.95. The minimum Gasteiger partial charge on any atom is -0.271 e. The van der Waals surface area contributed by atoms with Crippen molar-refractivity contribution in [3.63, 3.8) is 0 Å². The molecule has 0 aliphatic heterocycles. The molecule has 1 aromatic carbocycles. The Morgan fingerprint density at radius 1 is 1.50 bits per heavy atom. The number of rotatable bonds is 4. The first-order valence-electron chi connectivity index (χ1n) is 5.67. The van der Waals surface area contributed by atoms with Crippen molar-refractivity contribution in [2.24, 2.45) is 12.9 Å². The molecule has 2 aromatic rings. The van der Waals surface area contributed by atoms with Gasteiger partial charge in [0.05, 0.1) is 6.04 Å². The minimum atomic E-state index is -0.00910. The highest BCUT2D eigenvalue weighted by Crippen LogP contribution is 2.23. The number of hydrogen-bond acceptors (Lipinski definition) is 4. The van der Waals surface area contributed by atoms with Gasteiger partial charge >= 0.3 is 0 Å². The van der Waals surface area contributed by atoms with Crippen molar-refractivity contribution >= 4 is 11.6 Å². The summed E-state index contributed by atoms with van der Waals surface area (Å²) in [5.74, 6) is 6.52. The summed E-state index contributed by atoms with van der Waals surface area (Å²) >= 11 is 5.95. The molecule has 0 radical (unpaired) electrons. The summed E-state index contributed by atoms with van der Waals surface area (Å²) in [4.78, 5) is 4.21. The first-order valence-corrected chi connectivity index (χ1v) is 6.04. The molecule has 0 fully saturated rings. The Bertz CT molecular complexity index is 537. The fourth-order valence-electron chi connectivity index (χ4n) is 1.98. The van der Waals surface area contributed by atoms with Crippen LogP contribution in [-0.4, -0.2) is 14.8 Å². The summed E-state index contributed by atoms with van der Waals surface area (Å²) in [5.41, 5.74) is 5.04. The van der Waals surface area contributed by atoms with Gasteiger partial charge in [0.1, 0.15) is 12.2 Å². The van der Waals surface area contributed by atoms with Crippen molar-refractivity contribution in [1.29, 1.82) is 0 Å². The second-order valence-electron chi connectivity index (χ2n) is 4.22. The molecular weight excluding hydrogens is 250 g/mol. The predicted molar refractivity (Wildman–Crippen MR) is 71.0 cm³/mol. The molecule has 0 saturated carbocycles. The van der Waals surface area contributed by atoms with Crippen molar-refractivity contribution in [3.8, 4) is 0 Å². The summed E-state index contributed by atoms with van der Waals surface area (Å²) in [6.07, 6.45) is 2.22. The largest absolute Gasteiger partial charge is 0.271 e. The lowest BCUT2D eigenvalue weighted by Gasteiger charge is -2.18. The number of nitrogens with one attached hydrogen (secondary N) is 1. The summed E-state index contributed by atoms with van der Waals surface area (Å²) in [6.45, 7) is 2.02. The van der Waals surface area contributed by atoms with Gasteiger partial charge in [-0.3, -0.25) is 16.0 Å². The van der Waals surface area contributed by atoms with Crippen LogP contribution in [0.4, 0.5) is 0 Å². The molecule has 96 valence electrons.